The van der Waals surface area contributed by atoms with Gasteiger partial charge < -0.3 is 15.0 Å². The van der Waals surface area contributed by atoms with E-state index in [2.05, 4.69) is 22.4 Å². The molecule has 1 unspecified atom stereocenters. The molecule has 1 saturated heterocycles. The van der Waals surface area contributed by atoms with Gasteiger partial charge in [-0.05, 0) is 36.6 Å². The van der Waals surface area contributed by atoms with Gasteiger partial charge in [0.15, 0.2) is 0 Å². The van der Waals surface area contributed by atoms with Crippen LogP contribution >= 0.6 is 11.3 Å². The summed E-state index contributed by atoms with van der Waals surface area (Å²) in [5.74, 6) is 0.132. The van der Waals surface area contributed by atoms with Crippen LogP contribution in [0.3, 0.4) is 0 Å². The van der Waals surface area contributed by atoms with Crippen LogP contribution in [0, 0.1) is 5.82 Å². The van der Waals surface area contributed by atoms with E-state index in [0.717, 1.165) is 41.2 Å². The molecule has 178 valence electrons. The lowest BCUT2D eigenvalue weighted by atomic mass is 10.0. The summed E-state index contributed by atoms with van der Waals surface area (Å²) >= 11 is 1.44. The van der Waals surface area contributed by atoms with Crippen molar-refractivity contribution in [3.05, 3.63) is 81.6 Å². The average molecular weight is 482 g/mol. The van der Waals surface area contributed by atoms with Crippen molar-refractivity contribution < 1.29 is 18.7 Å². The Morgan fingerprint density at radius 2 is 2.03 bits per heavy atom. The summed E-state index contributed by atoms with van der Waals surface area (Å²) in [5, 5.41) is 5.50. The van der Waals surface area contributed by atoms with Gasteiger partial charge in [0.05, 0.1) is 25.4 Å². The number of halogens is 1. The normalized spacial score (nSPS) is 15.4. The molecule has 1 aliphatic rings. The van der Waals surface area contributed by atoms with Crippen LogP contribution in [0.4, 0.5) is 4.39 Å². The van der Waals surface area contributed by atoms with Gasteiger partial charge in [-0.15, -0.1) is 11.3 Å². The lowest BCUT2D eigenvalue weighted by molar-refractivity contribution is -0.134. The van der Waals surface area contributed by atoms with E-state index in [-0.39, 0.29) is 36.5 Å². The minimum Gasteiger partial charge on any atom is -0.496 e. The fourth-order valence-electron chi connectivity index (χ4n) is 4.31. The van der Waals surface area contributed by atoms with Gasteiger partial charge >= 0.3 is 0 Å². The lowest BCUT2D eigenvalue weighted by Gasteiger charge is -2.25. The van der Waals surface area contributed by atoms with E-state index in [4.69, 9.17) is 4.74 Å². The standard InChI is InChI=1S/C26H28FN3O3S/c1-33-23-10-9-20(27)14-19(23)15-21-17-34-25(29-21)16-28-24(31)11-12-26(32)30-13-5-8-22(30)18-6-3-2-4-7-18/h2-4,6-7,9-10,14,17,22H,5,8,11-13,15-16H2,1H3,(H,28,31). The van der Waals surface area contributed by atoms with Gasteiger partial charge in [0.1, 0.15) is 16.6 Å². The topological polar surface area (TPSA) is 71.5 Å². The summed E-state index contributed by atoms with van der Waals surface area (Å²) in [6.45, 7) is 1.03. The Bertz CT molecular complexity index is 1140. The molecule has 2 heterocycles. The van der Waals surface area contributed by atoms with Gasteiger partial charge in [0.2, 0.25) is 11.8 Å². The molecule has 0 aliphatic carbocycles. The predicted molar refractivity (Wildman–Crippen MR) is 129 cm³/mol. The van der Waals surface area contributed by atoms with Crippen LogP contribution in [0.2, 0.25) is 0 Å². The van der Waals surface area contributed by atoms with Crippen molar-refractivity contribution in [2.45, 2.75) is 44.7 Å². The van der Waals surface area contributed by atoms with Crippen LogP contribution in [0.1, 0.15) is 53.6 Å². The molecular weight excluding hydrogens is 453 g/mol. The molecule has 8 heteroatoms. The van der Waals surface area contributed by atoms with Crippen molar-refractivity contribution in [1.29, 1.82) is 0 Å². The number of ether oxygens (including phenoxy) is 1. The Morgan fingerprint density at radius 1 is 1.21 bits per heavy atom. The smallest absolute Gasteiger partial charge is 0.223 e. The van der Waals surface area contributed by atoms with Crippen molar-refractivity contribution in [2.75, 3.05) is 13.7 Å². The SMILES string of the molecule is COc1ccc(F)cc1Cc1csc(CNC(=O)CCC(=O)N2CCCC2c2ccccc2)n1. The highest BCUT2D eigenvalue weighted by Crippen LogP contribution is 2.32. The van der Waals surface area contributed by atoms with Crippen LogP contribution in [0.5, 0.6) is 5.75 Å². The van der Waals surface area contributed by atoms with Gasteiger partial charge in [-0.3, -0.25) is 9.59 Å². The number of carbonyl (C=O) groups excluding carboxylic acids is 2. The average Bonchev–Trinajstić information content (AvgIpc) is 3.52. The highest BCUT2D eigenvalue weighted by molar-refractivity contribution is 7.09. The maximum atomic E-state index is 13.6. The number of thiazole rings is 1. The van der Waals surface area contributed by atoms with E-state index in [1.165, 1.54) is 23.5 Å². The third-order valence-electron chi connectivity index (χ3n) is 5.97. The summed E-state index contributed by atoms with van der Waals surface area (Å²) in [7, 11) is 1.55. The van der Waals surface area contributed by atoms with E-state index in [9.17, 15) is 14.0 Å². The number of methoxy groups -OCH3 is 1. The van der Waals surface area contributed by atoms with Crippen molar-refractivity contribution in [1.82, 2.24) is 15.2 Å². The zero-order chi connectivity index (χ0) is 23.9. The van der Waals surface area contributed by atoms with E-state index in [1.54, 1.807) is 13.2 Å². The van der Waals surface area contributed by atoms with E-state index in [1.807, 2.05) is 28.5 Å². The number of nitrogens with zero attached hydrogens (tertiary/aromatic N) is 2. The van der Waals surface area contributed by atoms with Crippen LogP contribution in [0.15, 0.2) is 53.9 Å². The Kier molecular flexibility index (Phi) is 7.90. The summed E-state index contributed by atoms with van der Waals surface area (Å²) in [5.41, 5.74) is 2.65. The lowest BCUT2D eigenvalue weighted by Crippen LogP contribution is -2.32. The Labute approximate surface area is 202 Å². The molecule has 2 amide bonds. The van der Waals surface area contributed by atoms with Crippen LogP contribution in [-0.2, 0) is 22.6 Å². The molecule has 0 saturated carbocycles. The summed E-state index contributed by atoms with van der Waals surface area (Å²) in [4.78, 5) is 31.5. The first-order valence-electron chi connectivity index (χ1n) is 11.4. The van der Waals surface area contributed by atoms with Gasteiger partial charge in [0.25, 0.3) is 0 Å². The number of likely N-dealkylation sites (tertiary alicyclic amines) is 1. The molecule has 0 spiro atoms. The second-order valence-electron chi connectivity index (χ2n) is 8.30. The van der Waals surface area contributed by atoms with Crippen molar-refractivity contribution >= 4 is 23.2 Å². The third-order valence-corrected chi connectivity index (χ3v) is 6.87. The highest BCUT2D eigenvalue weighted by atomic mass is 32.1. The third kappa shape index (κ3) is 5.99. The maximum Gasteiger partial charge on any atom is 0.223 e. The second kappa shape index (κ2) is 11.2. The molecule has 1 fully saturated rings. The molecule has 34 heavy (non-hydrogen) atoms. The number of nitrogens with one attached hydrogen (secondary N) is 1. The fraction of sp³-hybridized carbons (Fsp3) is 0.346. The molecule has 0 radical (unpaired) electrons. The number of amides is 2. The Morgan fingerprint density at radius 3 is 2.82 bits per heavy atom. The molecule has 1 N–H and O–H groups in total. The first-order valence-corrected chi connectivity index (χ1v) is 12.3. The number of hydrogen-bond acceptors (Lipinski definition) is 5. The quantitative estimate of drug-likeness (QED) is 0.483. The van der Waals surface area contributed by atoms with Crippen LogP contribution in [-0.4, -0.2) is 35.4 Å². The Hall–Kier alpha value is -3.26. The molecule has 0 bridgehead atoms. The van der Waals surface area contributed by atoms with Gasteiger partial charge in [0, 0.05) is 36.8 Å². The van der Waals surface area contributed by atoms with Crippen molar-refractivity contribution in [3.63, 3.8) is 0 Å². The molecule has 1 aliphatic heterocycles. The van der Waals surface area contributed by atoms with E-state index < -0.39 is 0 Å². The van der Waals surface area contributed by atoms with E-state index >= 15 is 0 Å². The number of aromatic nitrogens is 1. The molecule has 4 rings (SSSR count). The van der Waals surface area contributed by atoms with Crippen molar-refractivity contribution in [3.8, 4) is 5.75 Å². The number of benzene rings is 2. The summed E-state index contributed by atoms with van der Waals surface area (Å²) < 4.78 is 18.9. The molecule has 1 atom stereocenters. The molecule has 1 aromatic heterocycles. The zero-order valence-corrected chi connectivity index (χ0v) is 19.9. The number of carbonyl (C=O) groups is 2. The van der Waals surface area contributed by atoms with Crippen LogP contribution < -0.4 is 10.1 Å². The molecule has 2 aromatic carbocycles. The molecule has 3 aromatic rings. The molecule has 6 nitrogen and oxygen atoms in total. The van der Waals surface area contributed by atoms with Gasteiger partial charge in [-0.25, -0.2) is 9.37 Å². The summed E-state index contributed by atoms with van der Waals surface area (Å²) in [6.07, 6.45) is 2.71. The molecular formula is C26H28FN3O3S. The van der Waals surface area contributed by atoms with Crippen LogP contribution in [0.25, 0.3) is 0 Å². The van der Waals surface area contributed by atoms with E-state index in [0.29, 0.717) is 18.7 Å². The first kappa shape index (κ1) is 23.9. The van der Waals surface area contributed by atoms with Gasteiger partial charge in [-0.1, -0.05) is 30.3 Å². The number of rotatable bonds is 9. The summed E-state index contributed by atoms with van der Waals surface area (Å²) in [6, 6.07) is 14.6. The monoisotopic (exact) mass is 481 g/mol. The number of hydrogen-bond donors (Lipinski definition) is 1. The second-order valence-corrected chi connectivity index (χ2v) is 9.24. The predicted octanol–water partition coefficient (Wildman–Crippen LogP) is 4.64. The van der Waals surface area contributed by atoms with Crippen molar-refractivity contribution in [2.24, 2.45) is 0 Å². The highest BCUT2D eigenvalue weighted by Gasteiger charge is 2.29. The minimum atomic E-state index is -0.322. The zero-order valence-electron chi connectivity index (χ0n) is 19.1. The largest absolute Gasteiger partial charge is 0.496 e. The Balaban J connectivity index is 1.24. The minimum absolute atomic E-state index is 0.0158. The maximum absolute atomic E-state index is 13.6. The first-order chi connectivity index (χ1) is 16.5. The fourth-order valence-corrected chi connectivity index (χ4v) is 5.04. The van der Waals surface area contributed by atoms with Gasteiger partial charge in [-0.2, -0.15) is 0 Å².